The Morgan fingerprint density at radius 1 is 1.06 bits per heavy atom. The number of phenols is 1. The highest BCUT2D eigenvalue weighted by Crippen LogP contribution is 2.22. The molecule has 11 heteroatoms. The van der Waals surface area contributed by atoms with E-state index in [-0.39, 0.29) is 23.7 Å². The number of amides is 2. The van der Waals surface area contributed by atoms with Crippen LogP contribution in [0.2, 0.25) is 5.02 Å². The molecule has 160 valence electrons. The summed E-state index contributed by atoms with van der Waals surface area (Å²) >= 11 is 6.10. The third kappa shape index (κ3) is 5.97. The fourth-order valence-corrected chi connectivity index (χ4v) is 2.77. The Hall–Kier alpha value is -4.05. The fourth-order valence-electron chi connectivity index (χ4n) is 2.57. The molecule has 2 amide bonds. The summed E-state index contributed by atoms with van der Waals surface area (Å²) in [5.41, 5.74) is 1.03. The van der Waals surface area contributed by atoms with E-state index < -0.39 is 24.0 Å². The van der Waals surface area contributed by atoms with Gasteiger partial charge in [0.25, 0.3) is 0 Å². The van der Waals surface area contributed by atoms with E-state index in [0.29, 0.717) is 10.7 Å². The Morgan fingerprint density at radius 2 is 1.77 bits per heavy atom. The summed E-state index contributed by atoms with van der Waals surface area (Å²) in [5, 5.41) is 36.3. The fraction of sp³-hybridized carbons (Fsp3) is 0.100. The van der Waals surface area contributed by atoms with Gasteiger partial charge in [-0.05, 0) is 35.9 Å². The van der Waals surface area contributed by atoms with Crippen molar-refractivity contribution in [1.82, 2.24) is 15.3 Å². The Labute approximate surface area is 181 Å². The monoisotopic (exact) mass is 443 g/mol. The molecular weight excluding hydrogens is 426 g/mol. The van der Waals surface area contributed by atoms with Crippen LogP contribution in [0.15, 0.2) is 54.7 Å². The maximum Gasteiger partial charge on any atom is 0.347 e. The number of carboxylic acids is 1. The number of carbonyl (C=O) groups excluding carboxylic acids is 1. The molecule has 6 N–H and O–H groups in total. The molecule has 0 fully saturated rings. The molecule has 1 atom stereocenters. The van der Waals surface area contributed by atoms with E-state index in [1.54, 1.807) is 18.2 Å². The first-order chi connectivity index (χ1) is 14.8. The average molecular weight is 444 g/mol. The van der Waals surface area contributed by atoms with Gasteiger partial charge in [0.1, 0.15) is 17.3 Å². The number of nitrogens with zero attached hydrogens (tertiary/aromatic N) is 2. The second kappa shape index (κ2) is 9.63. The Kier molecular flexibility index (Phi) is 6.73. The van der Waals surface area contributed by atoms with Crippen LogP contribution in [0.4, 0.5) is 16.2 Å². The highest BCUT2D eigenvalue weighted by molar-refractivity contribution is 6.31. The van der Waals surface area contributed by atoms with Crippen molar-refractivity contribution in [3.63, 3.8) is 0 Å². The van der Waals surface area contributed by atoms with Crippen LogP contribution in [0.25, 0.3) is 0 Å². The first-order valence-electron chi connectivity index (χ1n) is 8.96. The van der Waals surface area contributed by atoms with E-state index in [2.05, 4.69) is 25.9 Å². The van der Waals surface area contributed by atoms with Crippen LogP contribution in [0.5, 0.6) is 11.6 Å². The number of aromatic nitrogens is 2. The second-order valence-electron chi connectivity index (χ2n) is 6.35. The number of anilines is 2. The summed E-state index contributed by atoms with van der Waals surface area (Å²) < 4.78 is 0. The molecule has 0 saturated heterocycles. The van der Waals surface area contributed by atoms with E-state index in [4.69, 9.17) is 11.6 Å². The van der Waals surface area contributed by atoms with Gasteiger partial charge in [0.05, 0.1) is 6.20 Å². The minimum absolute atomic E-state index is 0.0107. The number of carboxylic acid groups (broad SMARTS) is 1. The maximum absolute atomic E-state index is 12.2. The van der Waals surface area contributed by atoms with Crippen molar-refractivity contribution in [2.75, 3.05) is 10.6 Å². The predicted octanol–water partition coefficient (Wildman–Crippen LogP) is 2.78. The second-order valence-corrected chi connectivity index (χ2v) is 6.76. The Morgan fingerprint density at radius 3 is 2.42 bits per heavy atom. The van der Waals surface area contributed by atoms with Gasteiger partial charge in [-0.3, -0.25) is 0 Å². The first kappa shape index (κ1) is 21.7. The molecule has 0 spiro atoms. The van der Waals surface area contributed by atoms with Gasteiger partial charge in [0.2, 0.25) is 12.0 Å². The summed E-state index contributed by atoms with van der Waals surface area (Å²) in [5.74, 6) is -1.53. The lowest BCUT2D eigenvalue weighted by Crippen LogP contribution is -2.47. The van der Waals surface area contributed by atoms with Crippen LogP contribution in [0, 0.1) is 0 Å². The number of nitrogens with one attached hydrogen (secondary N) is 3. The number of aromatic hydroxyl groups is 2. The lowest BCUT2D eigenvalue weighted by molar-refractivity contribution is -0.138. The quantitative estimate of drug-likeness (QED) is 0.240. The number of halogens is 1. The highest BCUT2D eigenvalue weighted by atomic mass is 35.5. The molecule has 31 heavy (non-hydrogen) atoms. The SMILES string of the molecule is O=C(Nc1cnc(Cc2ccccc2Cl)nc1O)N[C@H](Nc1ccc(O)cc1)C(=O)O. The van der Waals surface area contributed by atoms with Crippen LogP contribution in [-0.2, 0) is 11.2 Å². The molecule has 0 aliphatic rings. The molecule has 1 heterocycles. The predicted molar refractivity (Wildman–Crippen MR) is 113 cm³/mol. The average Bonchev–Trinajstić information content (AvgIpc) is 2.73. The minimum Gasteiger partial charge on any atom is -0.508 e. The standard InChI is InChI=1S/C20H18ClN5O5/c21-14-4-2-1-3-11(14)9-16-22-10-15(18(28)25-16)24-20(31)26-17(19(29)30)23-12-5-7-13(27)8-6-12/h1-8,10,17,23,27H,9H2,(H,29,30)(H,22,25,28)(H2,24,26,31)/t17-/m0/s1. The van der Waals surface area contributed by atoms with Crippen molar-refractivity contribution in [3.05, 3.63) is 71.1 Å². The molecule has 0 aliphatic carbocycles. The van der Waals surface area contributed by atoms with Crippen molar-refractivity contribution in [2.45, 2.75) is 12.6 Å². The van der Waals surface area contributed by atoms with Crippen molar-refractivity contribution >= 4 is 35.0 Å². The molecule has 10 nitrogen and oxygen atoms in total. The van der Waals surface area contributed by atoms with Gasteiger partial charge in [-0.15, -0.1) is 0 Å². The van der Waals surface area contributed by atoms with Crippen molar-refractivity contribution in [2.24, 2.45) is 0 Å². The number of aliphatic carboxylic acids is 1. The molecule has 0 bridgehead atoms. The molecule has 0 saturated carbocycles. The summed E-state index contributed by atoms with van der Waals surface area (Å²) in [7, 11) is 0. The molecule has 2 aromatic carbocycles. The number of urea groups is 1. The number of rotatable bonds is 7. The zero-order valence-electron chi connectivity index (χ0n) is 15.9. The number of phenolic OH excluding ortho intramolecular Hbond substituents is 1. The van der Waals surface area contributed by atoms with Gasteiger partial charge in [-0.1, -0.05) is 29.8 Å². The number of carbonyl (C=O) groups is 2. The van der Waals surface area contributed by atoms with E-state index in [1.165, 1.54) is 30.5 Å². The van der Waals surface area contributed by atoms with Gasteiger partial charge < -0.3 is 31.3 Å². The summed E-state index contributed by atoms with van der Waals surface area (Å²) in [4.78, 5) is 31.7. The van der Waals surface area contributed by atoms with Crippen LogP contribution < -0.4 is 16.0 Å². The Bertz CT molecular complexity index is 1090. The minimum atomic E-state index is -1.48. The molecule has 0 unspecified atom stereocenters. The zero-order chi connectivity index (χ0) is 22.4. The van der Waals surface area contributed by atoms with Gasteiger partial charge in [0.15, 0.2) is 0 Å². The van der Waals surface area contributed by atoms with Crippen LogP contribution in [0.3, 0.4) is 0 Å². The van der Waals surface area contributed by atoms with Crippen LogP contribution in [0.1, 0.15) is 11.4 Å². The third-order valence-corrected chi connectivity index (χ3v) is 4.44. The smallest absolute Gasteiger partial charge is 0.347 e. The largest absolute Gasteiger partial charge is 0.508 e. The maximum atomic E-state index is 12.2. The van der Waals surface area contributed by atoms with Crippen LogP contribution in [-0.4, -0.2) is 43.5 Å². The highest BCUT2D eigenvalue weighted by Gasteiger charge is 2.21. The lowest BCUT2D eigenvalue weighted by Gasteiger charge is -2.18. The molecule has 1 aromatic heterocycles. The molecule has 0 radical (unpaired) electrons. The summed E-state index contributed by atoms with van der Waals surface area (Å²) in [6.07, 6.45) is 0.00123. The van der Waals surface area contributed by atoms with Crippen LogP contribution >= 0.6 is 11.6 Å². The van der Waals surface area contributed by atoms with Crippen molar-refractivity contribution in [3.8, 4) is 11.6 Å². The molecule has 0 aliphatic heterocycles. The summed E-state index contributed by atoms with van der Waals surface area (Å²) in [6.45, 7) is 0. The third-order valence-electron chi connectivity index (χ3n) is 4.07. The summed E-state index contributed by atoms with van der Waals surface area (Å²) in [6, 6.07) is 11.8. The number of hydrogen-bond donors (Lipinski definition) is 6. The molecule has 3 aromatic rings. The normalized spacial score (nSPS) is 11.4. The van der Waals surface area contributed by atoms with Gasteiger partial charge in [-0.25, -0.2) is 14.6 Å². The van der Waals surface area contributed by atoms with E-state index in [1.807, 2.05) is 6.07 Å². The van der Waals surface area contributed by atoms with E-state index in [0.717, 1.165) is 5.56 Å². The topological polar surface area (TPSA) is 157 Å². The number of benzene rings is 2. The molecule has 3 rings (SSSR count). The van der Waals surface area contributed by atoms with Gasteiger partial charge >= 0.3 is 12.0 Å². The van der Waals surface area contributed by atoms with Crippen molar-refractivity contribution in [1.29, 1.82) is 0 Å². The van der Waals surface area contributed by atoms with Gasteiger partial charge in [-0.2, -0.15) is 4.98 Å². The zero-order valence-corrected chi connectivity index (χ0v) is 16.7. The van der Waals surface area contributed by atoms with E-state index >= 15 is 0 Å². The molecular formula is C20H18ClN5O5. The number of hydrogen-bond acceptors (Lipinski definition) is 7. The first-order valence-corrected chi connectivity index (χ1v) is 9.34. The Balaban J connectivity index is 1.64. The lowest BCUT2D eigenvalue weighted by atomic mass is 10.1. The van der Waals surface area contributed by atoms with Crippen molar-refractivity contribution < 1.29 is 24.9 Å². The van der Waals surface area contributed by atoms with Gasteiger partial charge in [0, 0.05) is 17.1 Å². The van der Waals surface area contributed by atoms with E-state index in [9.17, 15) is 24.9 Å².